The molecular weight excluding hydrogens is 318 g/mol. The fourth-order valence-corrected chi connectivity index (χ4v) is 3.22. The van der Waals surface area contributed by atoms with Gasteiger partial charge in [-0.15, -0.1) is 0 Å². The van der Waals surface area contributed by atoms with Crippen molar-refractivity contribution in [3.8, 4) is 0 Å². The maximum absolute atomic E-state index is 12.6. The summed E-state index contributed by atoms with van der Waals surface area (Å²) in [6.45, 7) is 5.97. The van der Waals surface area contributed by atoms with Gasteiger partial charge in [0.05, 0.1) is 0 Å². The molecule has 5 heteroatoms. The second kappa shape index (κ2) is 7.25. The Morgan fingerprint density at radius 1 is 1.50 bits per heavy atom. The zero-order chi connectivity index (χ0) is 14.5. The van der Waals surface area contributed by atoms with Crippen molar-refractivity contribution in [2.45, 2.75) is 52.1 Å². The molecule has 1 aliphatic heterocycles. The first kappa shape index (κ1) is 15.5. The molecule has 0 aromatic carbocycles. The van der Waals surface area contributed by atoms with Gasteiger partial charge in [-0.2, -0.15) is 0 Å². The molecule has 2 rings (SSSR count). The maximum atomic E-state index is 12.6. The molecule has 20 heavy (non-hydrogen) atoms. The molecule has 1 aliphatic rings. The van der Waals surface area contributed by atoms with Crippen LogP contribution >= 0.6 is 15.9 Å². The fourth-order valence-electron chi connectivity index (χ4n) is 2.90. The minimum Gasteiger partial charge on any atom is -0.349 e. The van der Waals surface area contributed by atoms with Crippen molar-refractivity contribution < 1.29 is 0 Å². The highest BCUT2D eigenvalue weighted by molar-refractivity contribution is 9.09. The Kier molecular flexibility index (Phi) is 5.64. The third kappa shape index (κ3) is 3.62. The van der Waals surface area contributed by atoms with Crippen molar-refractivity contribution in [3.63, 3.8) is 0 Å². The van der Waals surface area contributed by atoms with Crippen molar-refractivity contribution in [1.82, 2.24) is 9.55 Å². The molecule has 0 amide bonds. The molecule has 1 saturated heterocycles. The summed E-state index contributed by atoms with van der Waals surface area (Å²) in [5.41, 5.74) is 0.0620. The van der Waals surface area contributed by atoms with Gasteiger partial charge in [0.25, 0.3) is 5.56 Å². The number of alkyl halides is 1. The van der Waals surface area contributed by atoms with Crippen molar-refractivity contribution >= 4 is 21.7 Å². The minimum atomic E-state index is 0.0620. The molecule has 1 atom stereocenters. The largest absolute Gasteiger partial charge is 0.349 e. The number of aromatic nitrogens is 2. The van der Waals surface area contributed by atoms with Crippen LogP contribution in [0.5, 0.6) is 0 Å². The first-order valence-corrected chi connectivity index (χ1v) is 8.63. The highest BCUT2D eigenvalue weighted by Gasteiger charge is 2.27. The normalized spacial score (nSPS) is 19.0. The van der Waals surface area contributed by atoms with E-state index in [1.165, 1.54) is 6.42 Å². The van der Waals surface area contributed by atoms with Crippen molar-refractivity contribution in [1.29, 1.82) is 0 Å². The van der Waals surface area contributed by atoms with E-state index in [-0.39, 0.29) is 5.56 Å². The highest BCUT2D eigenvalue weighted by atomic mass is 79.9. The molecule has 1 unspecified atom stereocenters. The van der Waals surface area contributed by atoms with Crippen LogP contribution in [0.2, 0.25) is 0 Å². The van der Waals surface area contributed by atoms with Crippen LogP contribution in [0, 0.1) is 5.92 Å². The number of hydrogen-bond acceptors (Lipinski definition) is 3. The van der Waals surface area contributed by atoms with E-state index in [1.54, 1.807) is 17.0 Å². The number of anilines is 1. The van der Waals surface area contributed by atoms with E-state index >= 15 is 0 Å². The van der Waals surface area contributed by atoms with Gasteiger partial charge >= 0.3 is 0 Å². The average Bonchev–Trinajstić information content (AvgIpc) is 2.86. The zero-order valence-electron chi connectivity index (χ0n) is 12.4. The lowest BCUT2D eigenvalue weighted by molar-refractivity contribution is 0.506. The third-order valence-electron chi connectivity index (χ3n) is 3.78. The molecule has 0 N–H and O–H groups in total. The van der Waals surface area contributed by atoms with Crippen LogP contribution < -0.4 is 10.5 Å². The van der Waals surface area contributed by atoms with Crippen molar-refractivity contribution in [2.24, 2.45) is 5.92 Å². The SMILES string of the molecule is CC(C)Cn1ccnc(N2CCCC2CCCBr)c1=O. The number of rotatable bonds is 6. The number of halogens is 1. The molecule has 1 fully saturated rings. The lowest BCUT2D eigenvalue weighted by Crippen LogP contribution is -2.37. The van der Waals surface area contributed by atoms with Gasteiger partial charge in [-0.25, -0.2) is 4.98 Å². The number of nitrogens with zero attached hydrogens (tertiary/aromatic N) is 3. The van der Waals surface area contributed by atoms with E-state index in [1.807, 2.05) is 0 Å². The Balaban J connectivity index is 2.21. The van der Waals surface area contributed by atoms with Gasteiger partial charge in [-0.3, -0.25) is 4.79 Å². The van der Waals surface area contributed by atoms with Gasteiger partial charge in [-0.1, -0.05) is 29.8 Å². The van der Waals surface area contributed by atoms with Gasteiger partial charge in [0.1, 0.15) is 0 Å². The summed E-state index contributed by atoms with van der Waals surface area (Å²) in [6.07, 6.45) is 8.17. The zero-order valence-corrected chi connectivity index (χ0v) is 14.0. The predicted molar refractivity (Wildman–Crippen MR) is 86.7 cm³/mol. The molecule has 0 spiro atoms. The second-order valence-corrected chi connectivity index (χ2v) is 6.72. The lowest BCUT2D eigenvalue weighted by atomic mass is 10.1. The van der Waals surface area contributed by atoms with Crippen LogP contribution in [0.3, 0.4) is 0 Å². The molecule has 2 heterocycles. The van der Waals surface area contributed by atoms with Crippen LogP contribution in [0.25, 0.3) is 0 Å². The molecule has 1 aromatic heterocycles. The Hall–Kier alpha value is -0.840. The molecule has 0 aliphatic carbocycles. The van der Waals surface area contributed by atoms with E-state index in [4.69, 9.17) is 0 Å². The van der Waals surface area contributed by atoms with Crippen molar-refractivity contribution in [3.05, 3.63) is 22.7 Å². The van der Waals surface area contributed by atoms with E-state index < -0.39 is 0 Å². The molecule has 4 nitrogen and oxygen atoms in total. The van der Waals surface area contributed by atoms with Crippen molar-refractivity contribution in [2.75, 3.05) is 16.8 Å². The first-order chi connectivity index (χ1) is 9.63. The highest BCUT2D eigenvalue weighted by Crippen LogP contribution is 2.24. The third-order valence-corrected chi connectivity index (χ3v) is 4.34. The summed E-state index contributed by atoms with van der Waals surface area (Å²) in [5.74, 6) is 1.11. The Labute approximate surface area is 129 Å². The monoisotopic (exact) mass is 341 g/mol. The van der Waals surface area contributed by atoms with Crippen LogP contribution in [-0.4, -0.2) is 27.5 Å². The maximum Gasteiger partial charge on any atom is 0.293 e. The van der Waals surface area contributed by atoms with Gasteiger partial charge in [0, 0.05) is 36.9 Å². The molecular formula is C15H24BrN3O. The van der Waals surface area contributed by atoms with Gasteiger partial charge in [-0.05, 0) is 31.6 Å². The van der Waals surface area contributed by atoms with Gasteiger partial charge in [0.2, 0.25) is 0 Å². The van der Waals surface area contributed by atoms with E-state index in [9.17, 15) is 4.79 Å². The van der Waals surface area contributed by atoms with Crippen LogP contribution in [0.1, 0.15) is 39.5 Å². The lowest BCUT2D eigenvalue weighted by Gasteiger charge is -2.25. The first-order valence-electron chi connectivity index (χ1n) is 7.51. The quantitative estimate of drug-likeness (QED) is 0.746. The van der Waals surface area contributed by atoms with Crippen LogP contribution in [-0.2, 0) is 6.54 Å². The topological polar surface area (TPSA) is 38.1 Å². The Bertz CT molecular complexity index is 486. The summed E-state index contributed by atoms with van der Waals surface area (Å²) in [5, 5.41) is 1.02. The summed E-state index contributed by atoms with van der Waals surface area (Å²) >= 11 is 3.49. The molecule has 112 valence electrons. The second-order valence-electron chi connectivity index (χ2n) is 5.92. The molecule has 1 aromatic rings. The van der Waals surface area contributed by atoms with Gasteiger partial charge < -0.3 is 9.47 Å². The summed E-state index contributed by atoms with van der Waals surface area (Å²) < 4.78 is 1.80. The molecule has 0 radical (unpaired) electrons. The molecule has 0 saturated carbocycles. The van der Waals surface area contributed by atoms with E-state index in [2.05, 4.69) is 39.7 Å². The van der Waals surface area contributed by atoms with Crippen LogP contribution in [0.4, 0.5) is 5.82 Å². The predicted octanol–water partition coefficient (Wildman–Crippen LogP) is 3.04. The average molecular weight is 342 g/mol. The van der Waals surface area contributed by atoms with E-state index in [0.29, 0.717) is 17.8 Å². The molecule has 0 bridgehead atoms. The fraction of sp³-hybridized carbons (Fsp3) is 0.733. The van der Waals surface area contributed by atoms with E-state index in [0.717, 1.165) is 37.7 Å². The summed E-state index contributed by atoms with van der Waals surface area (Å²) in [4.78, 5) is 19.2. The smallest absolute Gasteiger partial charge is 0.293 e. The minimum absolute atomic E-state index is 0.0620. The Morgan fingerprint density at radius 3 is 3.00 bits per heavy atom. The Morgan fingerprint density at radius 2 is 2.30 bits per heavy atom. The standard InChI is InChI=1S/C15H24BrN3O/c1-12(2)11-18-10-8-17-14(15(18)20)19-9-4-6-13(19)5-3-7-16/h8,10,12-13H,3-7,9,11H2,1-2H3. The van der Waals surface area contributed by atoms with Gasteiger partial charge in [0.15, 0.2) is 5.82 Å². The van der Waals surface area contributed by atoms with Crippen LogP contribution in [0.15, 0.2) is 17.2 Å². The summed E-state index contributed by atoms with van der Waals surface area (Å²) in [7, 11) is 0. The summed E-state index contributed by atoms with van der Waals surface area (Å²) in [6, 6.07) is 0.475. The number of hydrogen-bond donors (Lipinski definition) is 0.